The second-order valence-electron chi connectivity index (χ2n) is 7.26. The highest BCUT2D eigenvalue weighted by Crippen LogP contribution is 2.31. The summed E-state index contributed by atoms with van der Waals surface area (Å²) in [6, 6.07) is 3.63. The van der Waals surface area contributed by atoms with Gasteiger partial charge < -0.3 is 15.0 Å². The molecule has 1 N–H and O–H groups in total. The quantitative estimate of drug-likeness (QED) is 0.515. The number of amides is 1. The van der Waals surface area contributed by atoms with Crippen LogP contribution in [-0.4, -0.2) is 35.7 Å². The number of likely N-dealkylation sites (tertiary alicyclic amines) is 1. The Morgan fingerprint density at radius 3 is 2.64 bits per heavy atom. The summed E-state index contributed by atoms with van der Waals surface area (Å²) in [7, 11) is 0. The third-order valence-electron chi connectivity index (χ3n) is 4.10. The van der Waals surface area contributed by atoms with E-state index >= 15 is 0 Å². The van der Waals surface area contributed by atoms with E-state index in [2.05, 4.69) is 5.32 Å². The predicted molar refractivity (Wildman–Crippen MR) is 104 cm³/mol. The predicted octanol–water partition coefficient (Wildman–Crippen LogP) is 5.53. The first-order valence-electron chi connectivity index (χ1n) is 8.52. The van der Waals surface area contributed by atoms with Crippen molar-refractivity contribution in [2.75, 3.05) is 13.1 Å². The Labute approximate surface area is 164 Å². The van der Waals surface area contributed by atoms with Crippen LogP contribution in [0.2, 0.25) is 15.1 Å². The number of halogens is 3. The molecule has 1 unspecified atom stereocenters. The van der Waals surface area contributed by atoms with Crippen LogP contribution in [0.25, 0.3) is 0 Å². The highest BCUT2D eigenvalue weighted by molar-refractivity contribution is 6.44. The summed E-state index contributed by atoms with van der Waals surface area (Å²) < 4.78 is 5.49. The molecular weight excluding hydrogens is 383 g/mol. The number of hydrogen-bond acceptors (Lipinski definition) is 3. The van der Waals surface area contributed by atoms with Crippen molar-refractivity contribution in [1.82, 2.24) is 10.2 Å². The third kappa shape index (κ3) is 5.92. The number of rotatable bonds is 5. The Hall–Kier alpha value is -0.680. The van der Waals surface area contributed by atoms with Crippen molar-refractivity contribution in [2.45, 2.75) is 58.2 Å². The van der Waals surface area contributed by atoms with Gasteiger partial charge in [0, 0.05) is 29.7 Å². The largest absolute Gasteiger partial charge is 0.444 e. The number of carbonyl (C=O) groups excluding carboxylic acids is 1. The minimum Gasteiger partial charge on any atom is -0.444 e. The Morgan fingerprint density at radius 1 is 1.28 bits per heavy atom. The standard InChI is InChI=1S/C18H25Cl3N2O2/c1-18(2,3)25-17(24)23-10-4-5-12(23)8-9-22-11-13-14(19)6-7-15(20)16(13)21/h6-7,12,22H,4-5,8-11H2,1-3H3. The lowest BCUT2D eigenvalue weighted by atomic mass is 10.1. The van der Waals surface area contributed by atoms with E-state index in [9.17, 15) is 4.79 Å². The maximum atomic E-state index is 12.3. The van der Waals surface area contributed by atoms with Gasteiger partial charge in [0.25, 0.3) is 0 Å². The molecule has 1 atom stereocenters. The molecule has 25 heavy (non-hydrogen) atoms. The van der Waals surface area contributed by atoms with Gasteiger partial charge >= 0.3 is 6.09 Å². The molecule has 7 heteroatoms. The van der Waals surface area contributed by atoms with Gasteiger partial charge in [0.15, 0.2) is 0 Å². The zero-order valence-corrected chi connectivity index (χ0v) is 17.1. The first-order chi connectivity index (χ1) is 11.7. The Bertz CT molecular complexity index is 617. The highest BCUT2D eigenvalue weighted by atomic mass is 35.5. The molecule has 1 aromatic carbocycles. The molecule has 1 fully saturated rings. The van der Waals surface area contributed by atoms with Crippen LogP contribution in [0.15, 0.2) is 12.1 Å². The minimum absolute atomic E-state index is 0.202. The van der Waals surface area contributed by atoms with E-state index in [1.807, 2.05) is 25.7 Å². The Kier molecular flexibility index (Phi) is 7.27. The zero-order valence-electron chi connectivity index (χ0n) is 14.9. The van der Waals surface area contributed by atoms with Crippen molar-refractivity contribution in [3.63, 3.8) is 0 Å². The van der Waals surface area contributed by atoms with Gasteiger partial charge in [-0.2, -0.15) is 0 Å². The molecule has 1 aliphatic rings. The minimum atomic E-state index is -0.470. The van der Waals surface area contributed by atoms with Crippen LogP contribution in [0, 0.1) is 0 Å². The van der Waals surface area contributed by atoms with E-state index in [0.717, 1.165) is 37.9 Å². The van der Waals surface area contributed by atoms with Gasteiger partial charge in [-0.3, -0.25) is 0 Å². The fourth-order valence-electron chi connectivity index (χ4n) is 2.91. The molecule has 0 saturated carbocycles. The first-order valence-corrected chi connectivity index (χ1v) is 9.65. The number of nitrogens with zero attached hydrogens (tertiary/aromatic N) is 1. The molecule has 0 aromatic heterocycles. The van der Waals surface area contributed by atoms with Crippen LogP contribution in [-0.2, 0) is 11.3 Å². The number of ether oxygens (including phenoxy) is 1. The maximum absolute atomic E-state index is 12.3. The molecule has 140 valence electrons. The molecule has 1 aromatic rings. The molecule has 0 bridgehead atoms. The molecule has 4 nitrogen and oxygen atoms in total. The van der Waals surface area contributed by atoms with Crippen molar-refractivity contribution in [3.05, 3.63) is 32.8 Å². The lowest BCUT2D eigenvalue weighted by Crippen LogP contribution is -2.40. The Morgan fingerprint density at radius 2 is 1.96 bits per heavy atom. The molecule has 1 heterocycles. The SMILES string of the molecule is CC(C)(C)OC(=O)N1CCCC1CCNCc1c(Cl)ccc(Cl)c1Cl. The second-order valence-corrected chi connectivity index (χ2v) is 8.45. The van der Waals surface area contributed by atoms with E-state index in [1.54, 1.807) is 12.1 Å². The van der Waals surface area contributed by atoms with Crippen molar-refractivity contribution < 1.29 is 9.53 Å². The monoisotopic (exact) mass is 406 g/mol. The van der Waals surface area contributed by atoms with E-state index < -0.39 is 5.60 Å². The molecule has 1 amide bonds. The van der Waals surface area contributed by atoms with Gasteiger partial charge in [-0.25, -0.2) is 4.79 Å². The Balaban J connectivity index is 1.83. The normalized spacial score (nSPS) is 17.8. The average molecular weight is 408 g/mol. The van der Waals surface area contributed by atoms with Gasteiger partial charge in [0.05, 0.1) is 10.0 Å². The van der Waals surface area contributed by atoms with E-state index in [0.29, 0.717) is 21.6 Å². The van der Waals surface area contributed by atoms with Gasteiger partial charge in [-0.05, 0) is 58.7 Å². The molecule has 1 saturated heterocycles. The molecule has 2 rings (SSSR count). The highest BCUT2D eigenvalue weighted by Gasteiger charge is 2.31. The molecular formula is C18H25Cl3N2O2. The second kappa shape index (κ2) is 8.81. The van der Waals surface area contributed by atoms with Crippen LogP contribution in [0.3, 0.4) is 0 Å². The molecule has 0 spiro atoms. The van der Waals surface area contributed by atoms with Crippen LogP contribution >= 0.6 is 34.8 Å². The van der Waals surface area contributed by atoms with Gasteiger partial charge in [0.2, 0.25) is 0 Å². The van der Waals surface area contributed by atoms with Crippen LogP contribution < -0.4 is 5.32 Å². The van der Waals surface area contributed by atoms with Gasteiger partial charge in [-0.15, -0.1) is 0 Å². The van der Waals surface area contributed by atoms with Crippen LogP contribution in [0.4, 0.5) is 4.79 Å². The van der Waals surface area contributed by atoms with Crippen molar-refractivity contribution in [3.8, 4) is 0 Å². The van der Waals surface area contributed by atoms with Crippen molar-refractivity contribution in [1.29, 1.82) is 0 Å². The van der Waals surface area contributed by atoms with Crippen LogP contribution in [0.1, 0.15) is 45.6 Å². The summed E-state index contributed by atoms with van der Waals surface area (Å²) >= 11 is 18.4. The van der Waals surface area contributed by atoms with Crippen LogP contribution in [0.5, 0.6) is 0 Å². The summed E-state index contributed by atoms with van der Waals surface area (Å²) in [5, 5.41) is 4.91. The number of hydrogen-bond donors (Lipinski definition) is 1. The average Bonchev–Trinajstić information content (AvgIpc) is 2.97. The maximum Gasteiger partial charge on any atom is 0.410 e. The van der Waals surface area contributed by atoms with Gasteiger partial charge in [0.1, 0.15) is 5.60 Å². The van der Waals surface area contributed by atoms with E-state index in [1.165, 1.54) is 0 Å². The third-order valence-corrected chi connectivity index (χ3v) is 5.30. The summed E-state index contributed by atoms with van der Waals surface area (Å²) in [5.74, 6) is 0. The topological polar surface area (TPSA) is 41.6 Å². The first kappa shape index (κ1) is 20.6. The van der Waals surface area contributed by atoms with E-state index in [-0.39, 0.29) is 12.1 Å². The summed E-state index contributed by atoms with van der Waals surface area (Å²) in [6.07, 6.45) is 2.64. The lowest BCUT2D eigenvalue weighted by Gasteiger charge is -2.28. The summed E-state index contributed by atoms with van der Waals surface area (Å²) in [4.78, 5) is 14.1. The smallest absolute Gasteiger partial charge is 0.410 e. The number of carbonyl (C=O) groups is 1. The zero-order chi connectivity index (χ0) is 18.6. The molecule has 0 aliphatic carbocycles. The molecule has 1 aliphatic heterocycles. The molecule has 0 radical (unpaired) electrons. The fraction of sp³-hybridized carbons (Fsp3) is 0.611. The van der Waals surface area contributed by atoms with E-state index in [4.69, 9.17) is 39.5 Å². The number of nitrogens with one attached hydrogen (secondary N) is 1. The lowest BCUT2D eigenvalue weighted by molar-refractivity contribution is 0.0221. The fourth-order valence-corrected chi connectivity index (χ4v) is 3.59. The summed E-state index contributed by atoms with van der Waals surface area (Å²) in [5.41, 5.74) is 0.328. The van der Waals surface area contributed by atoms with Crippen molar-refractivity contribution in [2.24, 2.45) is 0 Å². The van der Waals surface area contributed by atoms with Gasteiger partial charge in [-0.1, -0.05) is 34.8 Å². The van der Waals surface area contributed by atoms with Crippen molar-refractivity contribution >= 4 is 40.9 Å². The number of benzene rings is 1. The summed E-state index contributed by atoms with van der Waals surface area (Å²) in [6.45, 7) is 7.70.